The fourth-order valence-electron chi connectivity index (χ4n) is 2.14. The first kappa shape index (κ1) is 17.2. The molecule has 0 saturated carbocycles. The summed E-state index contributed by atoms with van der Waals surface area (Å²) in [7, 11) is 3.95. The molecule has 0 radical (unpaired) electrons. The number of hydrogen-bond donors (Lipinski definition) is 2. The van der Waals surface area contributed by atoms with Gasteiger partial charge in [-0.2, -0.15) is 0 Å². The molecule has 0 fully saturated rings. The van der Waals surface area contributed by atoms with Crippen LogP contribution in [-0.4, -0.2) is 43.0 Å². The maximum Gasteiger partial charge on any atom is 0.261 e. The number of aromatic amines is 1. The van der Waals surface area contributed by atoms with Crippen LogP contribution in [0.2, 0.25) is 5.02 Å². The van der Waals surface area contributed by atoms with Gasteiger partial charge in [-0.05, 0) is 56.9 Å². The zero-order chi connectivity index (χ0) is 16.8. The number of rotatable bonds is 6. The molecule has 2 N–H and O–H groups in total. The molecule has 2 rings (SSSR count). The van der Waals surface area contributed by atoms with Crippen LogP contribution in [0.1, 0.15) is 16.8 Å². The normalized spacial score (nSPS) is 10.8. The third-order valence-corrected chi connectivity index (χ3v) is 3.63. The minimum absolute atomic E-state index is 0.118. The first-order chi connectivity index (χ1) is 11.0. The first-order valence-electron chi connectivity index (χ1n) is 7.39. The van der Waals surface area contributed by atoms with Gasteiger partial charge in [-0.25, -0.2) is 0 Å². The summed E-state index contributed by atoms with van der Waals surface area (Å²) in [5.41, 5.74) is 1.20. The largest absolute Gasteiger partial charge is 0.352 e. The Kier molecular flexibility index (Phi) is 5.96. The second-order valence-corrected chi connectivity index (χ2v) is 5.97. The van der Waals surface area contributed by atoms with Crippen LogP contribution >= 0.6 is 11.6 Å². The topological polar surface area (TPSA) is 65.2 Å². The molecule has 1 aromatic carbocycles. The molecule has 1 aromatic heterocycles. The Morgan fingerprint density at radius 3 is 2.48 bits per heavy atom. The molecule has 0 aliphatic heterocycles. The zero-order valence-electron chi connectivity index (χ0n) is 13.2. The van der Waals surface area contributed by atoms with Gasteiger partial charge in [-0.3, -0.25) is 9.59 Å². The van der Waals surface area contributed by atoms with Crippen molar-refractivity contribution < 1.29 is 4.79 Å². The number of H-pyrrole nitrogens is 1. The van der Waals surface area contributed by atoms with Crippen molar-refractivity contribution in [3.63, 3.8) is 0 Å². The van der Waals surface area contributed by atoms with Crippen molar-refractivity contribution in [3.8, 4) is 11.3 Å². The number of aromatic nitrogens is 1. The summed E-state index contributed by atoms with van der Waals surface area (Å²) in [6.07, 6.45) is 0.833. The Bertz CT molecular complexity index is 723. The van der Waals surface area contributed by atoms with Crippen molar-refractivity contribution in [2.75, 3.05) is 27.2 Å². The Balaban J connectivity index is 2.05. The third-order valence-electron chi connectivity index (χ3n) is 3.38. The molecule has 0 atom stereocenters. The van der Waals surface area contributed by atoms with Crippen molar-refractivity contribution in [3.05, 3.63) is 57.3 Å². The molecular formula is C17H20ClN3O2. The molecule has 0 aliphatic rings. The summed E-state index contributed by atoms with van der Waals surface area (Å²) < 4.78 is 0. The smallest absolute Gasteiger partial charge is 0.261 e. The second kappa shape index (κ2) is 7.94. The summed E-state index contributed by atoms with van der Waals surface area (Å²) in [6, 6.07) is 10.4. The van der Waals surface area contributed by atoms with Crippen molar-refractivity contribution in [1.82, 2.24) is 15.2 Å². The Hall–Kier alpha value is -2.11. The van der Waals surface area contributed by atoms with E-state index in [1.54, 1.807) is 24.3 Å². The van der Waals surface area contributed by atoms with Crippen LogP contribution in [0.25, 0.3) is 11.3 Å². The van der Waals surface area contributed by atoms with Gasteiger partial charge in [0, 0.05) is 17.3 Å². The molecule has 1 heterocycles. The maximum absolute atomic E-state index is 12.1. The summed E-state index contributed by atoms with van der Waals surface area (Å²) >= 11 is 5.85. The van der Waals surface area contributed by atoms with E-state index in [0.29, 0.717) is 17.3 Å². The monoisotopic (exact) mass is 333 g/mol. The Morgan fingerprint density at radius 2 is 1.87 bits per heavy atom. The third kappa shape index (κ3) is 4.94. The minimum Gasteiger partial charge on any atom is -0.352 e. The molecule has 0 spiro atoms. The highest BCUT2D eigenvalue weighted by Gasteiger charge is 2.11. The number of nitrogens with one attached hydrogen (secondary N) is 2. The van der Waals surface area contributed by atoms with E-state index in [1.807, 2.05) is 31.1 Å². The molecular weight excluding hydrogens is 314 g/mol. The first-order valence-corrected chi connectivity index (χ1v) is 7.77. The van der Waals surface area contributed by atoms with Gasteiger partial charge in [0.2, 0.25) is 0 Å². The van der Waals surface area contributed by atoms with Crippen molar-refractivity contribution in [2.45, 2.75) is 6.42 Å². The van der Waals surface area contributed by atoms with Gasteiger partial charge in [0.25, 0.3) is 11.5 Å². The molecule has 0 bridgehead atoms. The van der Waals surface area contributed by atoms with E-state index >= 15 is 0 Å². The van der Waals surface area contributed by atoms with Crippen molar-refractivity contribution in [1.29, 1.82) is 0 Å². The van der Waals surface area contributed by atoms with E-state index < -0.39 is 5.56 Å². The number of halogens is 1. The molecule has 6 heteroatoms. The van der Waals surface area contributed by atoms with Gasteiger partial charge in [0.15, 0.2) is 0 Å². The van der Waals surface area contributed by atoms with E-state index in [4.69, 9.17) is 11.6 Å². The van der Waals surface area contributed by atoms with Crippen LogP contribution in [0.5, 0.6) is 0 Å². The minimum atomic E-state index is -0.400. The SMILES string of the molecule is CN(C)CCCNC(=O)c1ccc(-c2ccc(Cl)cc2)[nH]c1=O. The molecule has 0 aliphatic carbocycles. The maximum atomic E-state index is 12.1. The van der Waals surface area contributed by atoms with Crippen LogP contribution in [0.3, 0.4) is 0 Å². The second-order valence-electron chi connectivity index (χ2n) is 5.53. The summed E-state index contributed by atoms with van der Waals surface area (Å²) in [4.78, 5) is 28.9. The molecule has 122 valence electrons. The predicted octanol–water partition coefficient (Wildman–Crippen LogP) is 2.38. The highest BCUT2D eigenvalue weighted by molar-refractivity contribution is 6.30. The Morgan fingerprint density at radius 1 is 1.17 bits per heavy atom. The fourth-order valence-corrected chi connectivity index (χ4v) is 2.27. The number of pyridine rings is 1. The highest BCUT2D eigenvalue weighted by Crippen LogP contribution is 2.18. The van der Waals surface area contributed by atoms with Gasteiger partial charge < -0.3 is 15.2 Å². The molecule has 0 unspecified atom stereocenters. The van der Waals surface area contributed by atoms with E-state index in [9.17, 15) is 9.59 Å². The summed E-state index contributed by atoms with van der Waals surface area (Å²) in [5, 5.41) is 3.39. The lowest BCUT2D eigenvalue weighted by Crippen LogP contribution is -2.31. The van der Waals surface area contributed by atoms with Crippen LogP contribution in [0, 0.1) is 0 Å². The van der Waals surface area contributed by atoms with E-state index in [2.05, 4.69) is 10.3 Å². The summed E-state index contributed by atoms with van der Waals surface area (Å²) in [6.45, 7) is 1.42. The van der Waals surface area contributed by atoms with Gasteiger partial charge in [0.1, 0.15) is 5.56 Å². The average Bonchev–Trinajstić information content (AvgIpc) is 2.51. The van der Waals surface area contributed by atoms with Crippen molar-refractivity contribution in [2.24, 2.45) is 0 Å². The van der Waals surface area contributed by atoms with E-state index in [0.717, 1.165) is 18.5 Å². The van der Waals surface area contributed by atoms with Crippen LogP contribution in [-0.2, 0) is 0 Å². The van der Waals surface area contributed by atoms with Gasteiger partial charge in [-0.1, -0.05) is 23.7 Å². The predicted molar refractivity (Wildman–Crippen MR) is 93.0 cm³/mol. The highest BCUT2D eigenvalue weighted by atomic mass is 35.5. The lowest BCUT2D eigenvalue weighted by Gasteiger charge is -2.10. The number of benzene rings is 1. The number of carbonyl (C=O) groups is 1. The molecule has 2 aromatic rings. The van der Waals surface area contributed by atoms with Crippen LogP contribution < -0.4 is 10.9 Å². The van der Waals surface area contributed by atoms with Gasteiger partial charge in [0.05, 0.1) is 0 Å². The number of carbonyl (C=O) groups excluding carboxylic acids is 1. The number of hydrogen-bond acceptors (Lipinski definition) is 3. The van der Waals surface area contributed by atoms with Crippen LogP contribution in [0.15, 0.2) is 41.2 Å². The average molecular weight is 334 g/mol. The van der Waals surface area contributed by atoms with Crippen molar-refractivity contribution >= 4 is 17.5 Å². The number of nitrogens with zero attached hydrogens (tertiary/aromatic N) is 1. The summed E-state index contributed by atoms with van der Waals surface area (Å²) in [5.74, 6) is -0.354. The Labute approximate surface area is 140 Å². The quantitative estimate of drug-likeness (QED) is 0.798. The molecule has 23 heavy (non-hydrogen) atoms. The van der Waals surface area contributed by atoms with Gasteiger partial charge in [-0.15, -0.1) is 0 Å². The number of amides is 1. The van der Waals surface area contributed by atoms with Gasteiger partial charge >= 0.3 is 0 Å². The zero-order valence-corrected chi connectivity index (χ0v) is 14.0. The molecule has 1 amide bonds. The van der Waals surface area contributed by atoms with E-state index in [1.165, 1.54) is 0 Å². The lowest BCUT2D eigenvalue weighted by molar-refractivity contribution is 0.0951. The fraction of sp³-hybridized carbons (Fsp3) is 0.294. The molecule has 0 saturated heterocycles. The molecule has 5 nitrogen and oxygen atoms in total. The van der Waals surface area contributed by atoms with Crippen LogP contribution in [0.4, 0.5) is 0 Å². The standard InChI is InChI=1S/C17H20ClN3O2/c1-21(2)11-3-10-19-16(22)14-8-9-15(20-17(14)23)12-4-6-13(18)7-5-12/h4-9H,3,10-11H2,1-2H3,(H,19,22)(H,20,23). The van der Waals surface area contributed by atoms with E-state index in [-0.39, 0.29) is 11.5 Å². The lowest BCUT2D eigenvalue weighted by atomic mass is 10.1.